The van der Waals surface area contributed by atoms with Crippen LogP contribution < -0.4 is 4.90 Å². The van der Waals surface area contributed by atoms with Crippen molar-refractivity contribution < 1.29 is 23.7 Å². The topological polar surface area (TPSA) is 120 Å². The number of fused-ring (bicyclic) bond motifs is 1. The number of carbonyl (C=O) groups excluding carboxylic acids is 1. The van der Waals surface area contributed by atoms with Gasteiger partial charge in [0.1, 0.15) is 17.0 Å². The SMILES string of the molecule is CC(C)(C)OC(=O)N(Cc1nnc2ccc(-c3csc(N4CCOCC4)n3)nn12)C1OC1OC(C)(C)C. The fourth-order valence-corrected chi connectivity index (χ4v) is 4.70. The second-order valence-electron chi connectivity index (χ2n) is 11.0. The molecule has 12 nitrogen and oxygen atoms in total. The molecule has 13 heteroatoms. The molecule has 0 aliphatic carbocycles. The molecule has 0 N–H and O–H groups in total. The van der Waals surface area contributed by atoms with E-state index in [1.807, 2.05) is 59.1 Å². The molecule has 200 valence electrons. The lowest BCUT2D eigenvalue weighted by molar-refractivity contribution is -0.0581. The van der Waals surface area contributed by atoms with Crippen molar-refractivity contribution in [3.8, 4) is 11.4 Å². The van der Waals surface area contributed by atoms with Gasteiger partial charge in [-0.05, 0) is 53.7 Å². The number of carbonyl (C=O) groups is 1. The first-order valence-corrected chi connectivity index (χ1v) is 13.2. The minimum Gasteiger partial charge on any atom is -0.444 e. The third-order valence-corrected chi connectivity index (χ3v) is 6.41. The van der Waals surface area contributed by atoms with Gasteiger partial charge in [-0.3, -0.25) is 4.90 Å². The van der Waals surface area contributed by atoms with Crippen LogP contribution in [0.4, 0.5) is 9.93 Å². The Morgan fingerprint density at radius 2 is 1.86 bits per heavy atom. The smallest absolute Gasteiger partial charge is 0.412 e. The first-order valence-electron chi connectivity index (χ1n) is 12.3. The van der Waals surface area contributed by atoms with Crippen LogP contribution in [0.3, 0.4) is 0 Å². The van der Waals surface area contributed by atoms with E-state index >= 15 is 0 Å². The van der Waals surface area contributed by atoms with E-state index in [0.717, 1.165) is 23.9 Å². The molecule has 5 heterocycles. The van der Waals surface area contributed by atoms with Crippen LogP contribution >= 0.6 is 11.3 Å². The molecular weight excluding hydrogens is 498 g/mol. The Balaban J connectivity index is 1.39. The molecule has 3 aromatic heterocycles. The van der Waals surface area contributed by atoms with Gasteiger partial charge < -0.3 is 23.8 Å². The number of epoxide rings is 1. The van der Waals surface area contributed by atoms with E-state index in [4.69, 9.17) is 29.0 Å². The van der Waals surface area contributed by atoms with Gasteiger partial charge in [0.2, 0.25) is 6.29 Å². The molecule has 5 rings (SSSR count). The number of thiazole rings is 1. The van der Waals surface area contributed by atoms with Crippen molar-refractivity contribution >= 4 is 28.2 Å². The number of hydrogen-bond acceptors (Lipinski definition) is 11. The molecule has 0 aromatic carbocycles. The summed E-state index contributed by atoms with van der Waals surface area (Å²) < 4.78 is 24.3. The van der Waals surface area contributed by atoms with Crippen molar-refractivity contribution in [3.05, 3.63) is 23.3 Å². The van der Waals surface area contributed by atoms with E-state index < -0.39 is 29.8 Å². The molecule has 2 aliphatic heterocycles. The van der Waals surface area contributed by atoms with Gasteiger partial charge in [0.05, 0.1) is 25.4 Å². The maximum absolute atomic E-state index is 13.1. The van der Waals surface area contributed by atoms with Crippen LogP contribution in [0, 0.1) is 0 Å². The number of ether oxygens (including phenoxy) is 4. The van der Waals surface area contributed by atoms with Gasteiger partial charge >= 0.3 is 6.09 Å². The number of aromatic nitrogens is 5. The first kappa shape index (κ1) is 25.8. The number of nitrogens with zero attached hydrogens (tertiary/aromatic N) is 7. The van der Waals surface area contributed by atoms with Gasteiger partial charge in [-0.15, -0.1) is 21.5 Å². The molecule has 0 saturated carbocycles. The fourth-order valence-electron chi connectivity index (χ4n) is 3.83. The summed E-state index contributed by atoms with van der Waals surface area (Å²) in [6.45, 7) is 14.4. The summed E-state index contributed by atoms with van der Waals surface area (Å²) in [5.74, 6) is 0.469. The standard InChI is InChI=1S/C24H33N7O5S/c1-23(2,3)35-20-19(34-20)30(22(32)36-24(4,5)6)13-18-27-26-17-8-7-15(28-31(17)18)16-14-37-21(25-16)29-9-11-33-12-10-29/h7-8,14,19-20H,9-13H2,1-6H3. The van der Waals surface area contributed by atoms with E-state index in [1.165, 1.54) is 4.90 Å². The minimum atomic E-state index is -0.675. The summed E-state index contributed by atoms with van der Waals surface area (Å²) in [7, 11) is 0. The molecule has 2 saturated heterocycles. The molecule has 37 heavy (non-hydrogen) atoms. The van der Waals surface area contributed by atoms with Crippen molar-refractivity contribution in [3.63, 3.8) is 0 Å². The lowest BCUT2D eigenvalue weighted by Gasteiger charge is -2.26. The van der Waals surface area contributed by atoms with Crippen molar-refractivity contribution in [2.75, 3.05) is 31.2 Å². The number of morpholine rings is 1. The Morgan fingerprint density at radius 3 is 2.57 bits per heavy atom. The van der Waals surface area contributed by atoms with E-state index in [-0.39, 0.29) is 6.54 Å². The Morgan fingerprint density at radius 1 is 1.11 bits per heavy atom. The Kier molecular flexibility index (Phi) is 6.81. The lowest BCUT2D eigenvalue weighted by Crippen LogP contribution is -2.40. The minimum absolute atomic E-state index is 0.0807. The number of rotatable bonds is 6. The summed E-state index contributed by atoms with van der Waals surface area (Å²) in [4.78, 5) is 21.6. The van der Waals surface area contributed by atoms with Gasteiger partial charge in [-0.1, -0.05) is 0 Å². The van der Waals surface area contributed by atoms with E-state index in [9.17, 15) is 4.79 Å². The van der Waals surface area contributed by atoms with Crippen LogP contribution in [0.25, 0.3) is 17.0 Å². The van der Waals surface area contributed by atoms with Crippen LogP contribution in [0.2, 0.25) is 0 Å². The van der Waals surface area contributed by atoms with Gasteiger partial charge in [0.15, 0.2) is 22.8 Å². The molecule has 1 amide bonds. The van der Waals surface area contributed by atoms with E-state index in [2.05, 4.69) is 15.1 Å². The second kappa shape index (κ2) is 9.78. The average molecular weight is 532 g/mol. The highest BCUT2D eigenvalue weighted by molar-refractivity contribution is 7.14. The highest BCUT2D eigenvalue weighted by Gasteiger charge is 2.50. The zero-order valence-electron chi connectivity index (χ0n) is 22.0. The lowest BCUT2D eigenvalue weighted by atomic mass is 10.2. The summed E-state index contributed by atoms with van der Waals surface area (Å²) in [6.07, 6.45) is -1.68. The summed E-state index contributed by atoms with van der Waals surface area (Å²) >= 11 is 1.58. The third kappa shape index (κ3) is 6.17. The summed E-state index contributed by atoms with van der Waals surface area (Å²) in [5.41, 5.74) is 0.910. The predicted octanol–water partition coefficient (Wildman–Crippen LogP) is 3.32. The van der Waals surface area contributed by atoms with Gasteiger partial charge in [-0.25, -0.2) is 9.78 Å². The highest BCUT2D eigenvalue weighted by atomic mass is 32.1. The van der Waals surface area contributed by atoms with Crippen molar-refractivity contribution in [1.82, 2.24) is 29.7 Å². The van der Waals surface area contributed by atoms with Crippen molar-refractivity contribution in [1.29, 1.82) is 0 Å². The molecule has 3 aromatic rings. The Bertz CT molecular complexity index is 1260. The molecule has 0 spiro atoms. The van der Waals surface area contributed by atoms with E-state index in [1.54, 1.807) is 15.9 Å². The summed E-state index contributed by atoms with van der Waals surface area (Å²) in [5, 5.41) is 16.2. The summed E-state index contributed by atoms with van der Waals surface area (Å²) in [6, 6.07) is 3.71. The van der Waals surface area contributed by atoms with Crippen LogP contribution in [0.5, 0.6) is 0 Å². The van der Waals surface area contributed by atoms with Crippen LogP contribution in [0.1, 0.15) is 47.4 Å². The van der Waals surface area contributed by atoms with Crippen LogP contribution in [-0.4, -0.2) is 85.8 Å². The number of amides is 1. The van der Waals surface area contributed by atoms with Crippen molar-refractivity contribution in [2.24, 2.45) is 0 Å². The van der Waals surface area contributed by atoms with Crippen LogP contribution in [-0.2, 0) is 25.5 Å². The molecule has 0 radical (unpaired) electrons. The Hall–Kier alpha value is -2.87. The monoisotopic (exact) mass is 531 g/mol. The first-order chi connectivity index (χ1) is 17.5. The molecule has 0 bridgehead atoms. The maximum Gasteiger partial charge on any atom is 0.412 e. The molecule has 2 fully saturated rings. The van der Waals surface area contributed by atoms with Gasteiger partial charge in [-0.2, -0.15) is 9.61 Å². The predicted molar refractivity (Wildman–Crippen MR) is 136 cm³/mol. The fraction of sp³-hybridized carbons (Fsp3) is 0.625. The van der Waals surface area contributed by atoms with E-state index in [0.29, 0.717) is 30.4 Å². The molecule has 2 atom stereocenters. The quantitative estimate of drug-likeness (QED) is 0.438. The van der Waals surface area contributed by atoms with Gasteiger partial charge in [0, 0.05) is 18.5 Å². The zero-order chi connectivity index (χ0) is 26.4. The van der Waals surface area contributed by atoms with Crippen molar-refractivity contribution in [2.45, 2.75) is 71.8 Å². The largest absolute Gasteiger partial charge is 0.444 e. The van der Waals surface area contributed by atoms with Crippen LogP contribution in [0.15, 0.2) is 17.5 Å². The zero-order valence-corrected chi connectivity index (χ0v) is 22.8. The second-order valence-corrected chi connectivity index (χ2v) is 11.8. The number of hydrogen-bond donors (Lipinski definition) is 0. The maximum atomic E-state index is 13.1. The molecular formula is C24H33N7O5S. The average Bonchev–Trinajstić information content (AvgIpc) is 3.21. The third-order valence-electron chi connectivity index (χ3n) is 5.51. The molecule has 2 unspecified atom stereocenters. The number of anilines is 1. The highest BCUT2D eigenvalue weighted by Crippen LogP contribution is 2.33. The Labute approximate surface area is 219 Å². The normalized spacial score (nSPS) is 20.3. The van der Waals surface area contributed by atoms with Gasteiger partial charge in [0.25, 0.3) is 0 Å². The molecule has 2 aliphatic rings.